The van der Waals surface area contributed by atoms with Crippen molar-refractivity contribution in [3.8, 4) is 5.75 Å². The summed E-state index contributed by atoms with van der Waals surface area (Å²) < 4.78 is 5.79. The first kappa shape index (κ1) is 16.8. The highest BCUT2D eigenvalue weighted by Crippen LogP contribution is 2.28. The summed E-state index contributed by atoms with van der Waals surface area (Å²) in [5, 5.41) is 6.11. The summed E-state index contributed by atoms with van der Waals surface area (Å²) in [6.07, 6.45) is 2.60. The van der Waals surface area contributed by atoms with Crippen molar-refractivity contribution in [1.82, 2.24) is 10.3 Å². The molecule has 0 radical (unpaired) electrons. The van der Waals surface area contributed by atoms with Crippen LogP contribution in [0.4, 0.5) is 11.4 Å². The molecule has 0 aliphatic carbocycles. The van der Waals surface area contributed by atoms with Crippen LogP contribution >= 0.6 is 0 Å². The van der Waals surface area contributed by atoms with Crippen molar-refractivity contribution in [1.29, 1.82) is 0 Å². The molecule has 5 nitrogen and oxygen atoms in total. The number of nitrogens with zero attached hydrogens (tertiary/aromatic N) is 1. The first-order valence-electron chi connectivity index (χ1n) is 7.87. The van der Waals surface area contributed by atoms with Crippen molar-refractivity contribution in [2.75, 3.05) is 11.9 Å². The second kappa shape index (κ2) is 8.17. The van der Waals surface area contributed by atoms with Crippen LogP contribution in [0, 0.1) is 0 Å². The Hall–Kier alpha value is -2.56. The number of rotatable bonds is 7. The fraction of sp³-hybridized carbons (Fsp3) is 0.333. The van der Waals surface area contributed by atoms with Crippen LogP contribution in [-0.2, 0) is 0 Å². The van der Waals surface area contributed by atoms with Gasteiger partial charge in [0.15, 0.2) is 0 Å². The molecule has 0 atom stereocenters. The molecule has 1 heterocycles. The number of benzene rings is 1. The Bertz CT molecular complexity index is 656. The highest BCUT2D eigenvalue weighted by Gasteiger charge is 2.09. The van der Waals surface area contributed by atoms with E-state index in [0.717, 1.165) is 23.5 Å². The Kier molecular flexibility index (Phi) is 5.97. The second-order valence-corrected chi connectivity index (χ2v) is 5.47. The predicted molar refractivity (Wildman–Crippen MR) is 92.3 cm³/mol. The molecule has 0 spiro atoms. The van der Waals surface area contributed by atoms with E-state index >= 15 is 0 Å². The third-order valence-corrected chi connectivity index (χ3v) is 3.06. The maximum atomic E-state index is 12.0. The zero-order chi connectivity index (χ0) is 16.7. The van der Waals surface area contributed by atoms with E-state index in [-0.39, 0.29) is 12.0 Å². The van der Waals surface area contributed by atoms with Gasteiger partial charge in [-0.2, -0.15) is 0 Å². The molecular formula is C18H23N3O2. The molecular weight excluding hydrogens is 290 g/mol. The minimum Gasteiger partial charge on any atom is -0.489 e. The van der Waals surface area contributed by atoms with E-state index in [2.05, 4.69) is 15.6 Å². The van der Waals surface area contributed by atoms with Crippen molar-refractivity contribution >= 4 is 17.3 Å². The summed E-state index contributed by atoms with van der Waals surface area (Å²) in [4.78, 5) is 16.1. The molecule has 0 saturated heterocycles. The summed E-state index contributed by atoms with van der Waals surface area (Å²) in [6.45, 7) is 6.62. The normalized spacial score (nSPS) is 10.4. The van der Waals surface area contributed by atoms with E-state index in [4.69, 9.17) is 4.74 Å². The Morgan fingerprint density at radius 3 is 2.78 bits per heavy atom. The Morgan fingerprint density at radius 2 is 2.04 bits per heavy atom. The maximum Gasteiger partial charge on any atom is 0.269 e. The number of para-hydroxylation sites is 2. The lowest BCUT2D eigenvalue weighted by molar-refractivity contribution is 0.0948. The van der Waals surface area contributed by atoms with Crippen LogP contribution in [0.25, 0.3) is 0 Å². The number of anilines is 2. The molecule has 0 aliphatic rings. The van der Waals surface area contributed by atoms with Crippen LogP contribution < -0.4 is 15.4 Å². The number of aromatic nitrogens is 1. The number of amides is 1. The minimum atomic E-state index is -0.165. The molecule has 1 aromatic heterocycles. The third-order valence-electron chi connectivity index (χ3n) is 3.06. The number of carbonyl (C=O) groups is 1. The van der Waals surface area contributed by atoms with Crippen LogP contribution in [0.5, 0.6) is 5.75 Å². The number of nitrogens with one attached hydrogen (secondary N) is 2. The molecule has 23 heavy (non-hydrogen) atoms. The van der Waals surface area contributed by atoms with Crippen LogP contribution in [0.3, 0.4) is 0 Å². The van der Waals surface area contributed by atoms with E-state index < -0.39 is 0 Å². The molecule has 0 aliphatic heterocycles. The average Bonchev–Trinajstić information content (AvgIpc) is 2.54. The first-order chi connectivity index (χ1) is 11.1. The van der Waals surface area contributed by atoms with E-state index in [9.17, 15) is 4.79 Å². The van der Waals surface area contributed by atoms with Gasteiger partial charge < -0.3 is 15.4 Å². The summed E-state index contributed by atoms with van der Waals surface area (Å²) >= 11 is 0. The van der Waals surface area contributed by atoms with Crippen molar-refractivity contribution in [3.05, 3.63) is 48.3 Å². The molecule has 0 unspecified atom stereocenters. The Balaban J connectivity index is 2.16. The van der Waals surface area contributed by atoms with Crippen LogP contribution in [0.2, 0.25) is 0 Å². The van der Waals surface area contributed by atoms with Gasteiger partial charge in [-0.15, -0.1) is 0 Å². The molecule has 122 valence electrons. The molecule has 0 saturated carbocycles. The van der Waals surface area contributed by atoms with Gasteiger partial charge in [-0.3, -0.25) is 9.78 Å². The van der Waals surface area contributed by atoms with Gasteiger partial charge in [0, 0.05) is 18.4 Å². The number of hydrogen-bond acceptors (Lipinski definition) is 4. The van der Waals surface area contributed by atoms with Gasteiger partial charge in [0.1, 0.15) is 11.4 Å². The summed E-state index contributed by atoms with van der Waals surface area (Å²) in [6, 6.07) is 11.3. The lowest BCUT2D eigenvalue weighted by Gasteiger charge is -2.15. The summed E-state index contributed by atoms with van der Waals surface area (Å²) in [5.41, 5.74) is 2.04. The van der Waals surface area contributed by atoms with Crippen LogP contribution in [-0.4, -0.2) is 23.5 Å². The van der Waals surface area contributed by atoms with Crippen molar-refractivity contribution in [3.63, 3.8) is 0 Å². The highest BCUT2D eigenvalue weighted by molar-refractivity contribution is 5.93. The topological polar surface area (TPSA) is 63.2 Å². The lowest BCUT2D eigenvalue weighted by atomic mass is 10.2. The molecule has 2 aromatic rings. The molecule has 5 heteroatoms. The van der Waals surface area contributed by atoms with Gasteiger partial charge in [0.25, 0.3) is 5.91 Å². The average molecular weight is 313 g/mol. The predicted octanol–water partition coefficient (Wildman–Crippen LogP) is 3.75. The van der Waals surface area contributed by atoms with Gasteiger partial charge in [-0.25, -0.2) is 0 Å². The molecule has 2 N–H and O–H groups in total. The molecule has 2 rings (SSSR count). The molecule has 0 bridgehead atoms. The van der Waals surface area contributed by atoms with E-state index in [1.165, 1.54) is 0 Å². The third kappa shape index (κ3) is 4.98. The maximum absolute atomic E-state index is 12.0. The van der Waals surface area contributed by atoms with E-state index in [1.54, 1.807) is 12.3 Å². The Labute approximate surface area is 137 Å². The van der Waals surface area contributed by atoms with Crippen molar-refractivity contribution in [2.24, 2.45) is 0 Å². The first-order valence-corrected chi connectivity index (χ1v) is 7.87. The standard InChI is InChI=1S/C18H23N3O2/c1-4-10-20-18(22)16-12-14(9-11-19-16)21-15-7-5-6-8-17(15)23-13(2)3/h5-9,11-13H,4,10H2,1-3H3,(H,19,21)(H,20,22). The fourth-order valence-corrected chi connectivity index (χ4v) is 2.04. The van der Waals surface area contributed by atoms with E-state index in [1.807, 2.05) is 51.1 Å². The number of carbonyl (C=O) groups excluding carboxylic acids is 1. The van der Waals surface area contributed by atoms with E-state index in [0.29, 0.717) is 12.2 Å². The quantitative estimate of drug-likeness (QED) is 0.817. The molecule has 1 aromatic carbocycles. The van der Waals surface area contributed by atoms with Gasteiger partial charge in [-0.05, 0) is 44.5 Å². The van der Waals surface area contributed by atoms with Crippen LogP contribution in [0.1, 0.15) is 37.7 Å². The lowest BCUT2D eigenvalue weighted by Crippen LogP contribution is -2.24. The summed E-state index contributed by atoms with van der Waals surface area (Å²) in [5.74, 6) is 0.610. The zero-order valence-corrected chi connectivity index (χ0v) is 13.8. The van der Waals surface area contributed by atoms with Gasteiger partial charge >= 0.3 is 0 Å². The number of hydrogen-bond donors (Lipinski definition) is 2. The van der Waals surface area contributed by atoms with Crippen molar-refractivity contribution in [2.45, 2.75) is 33.3 Å². The minimum absolute atomic E-state index is 0.0887. The largest absolute Gasteiger partial charge is 0.489 e. The number of ether oxygens (including phenoxy) is 1. The zero-order valence-electron chi connectivity index (χ0n) is 13.8. The van der Waals surface area contributed by atoms with Crippen molar-refractivity contribution < 1.29 is 9.53 Å². The monoisotopic (exact) mass is 313 g/mol. The van der Waals surface area contributed by atoms with Gasteiger partial charge in [0.05, 0.1) is 11.8 Å². The number of pyridine rings is 1. The molecule has 1 amide bonds. The molecule has 0 fully saturated rings. The SMILES string of the molecule is CCCNC(=O)c1cc(Nc2ccccc2OC(C)C)ccn1. The summed E-state index contributed by atoms with van der Waals surface area (Å²) in [7, 11) is 0. The second-order valence-electron chi connectivity index (χ2n) is 5.47. The highest BCUT2D eigenvalue weighted by atomic mass is 16.5. The van der Waals surface area contributed by atoms with Gasteiger partial charge in [-0.1, -0.05) is 19.1 Å². The fourth-order valence-electron chi connectivity index (χ4n) is 2.04. The van der Waals surface area contributed by atoms with Crippen LogP contribution in [0.15, 0.2) is 42.6 Å². The Morgan fingerprint density at radius 1 is 1.26 bits per heavy atom. The smallest absolute Gasteiger partial charge is 0.269 e. The van der Waals surface area contributed by atoms with Gasteiger partial charge in [0.2, 0.25) is 0 Å².